The Morgan fingerprint density at radius 1 is 1.04 bits per heavy atom. The molecule has 1 aliphatic heterocycles. The number of hydrogen-bond acceptors (Lipinski definition) is 3. The number of hydrogen-bond donors (Lipinski definition) is 1. The van der Waals surface area contributed by atoms with Crippen LogP contribution in [-0.4, -0.2) is 59.7 Å². The van der Waals surface area contributed by atoms with Gasteiger partial charge in [-0.2, -0.15) is 0 Å². The molecule has 27 heavy (non-hydrogen) atoms. The van der Waals surface area contributed by atoms with Gasteiger partial charge in [-0.3, -0.25) is 14.4 Å². The second-order valence-electron chi connectivity index (χ2n) is 7.24. The molecule has 1 heterocycles. The minimum Gasteiger partial charge on any atom is -0.354 e. The van der Waals surface area contributed by atoms with Gasteiger partial charge in [0.2, 0.25) is 5.91 Å². The van der Waals surface area contributed by atoms with E-state index in [0.717, 1.165) is 31.2 Å². The number of nitrogens with zero attached hydrogens (tertiary/aromatic N) is 2. The van der Waals surface area contributed by atoms with Crippen LogP contribution in [0.25, 0.3) is 0 Å². The molecule has 3 amide bonds. The molecule has 0 radical (unpaired) electrons. The summed E-state index contributed by atoms with van der Waals surface area (Å²) in [7, 11) is 0. The van der Waals surface area contributed by atoms with Crippen LogP contribution in [0, 0.1) is 0 Å². The average Bonchev–Trinajstić information content (AvgIpc) is 2.68. The summed E-state index contributed by atoms with van der Waals surface area (Å²) in [6.07, 6.45) is 6.07. The number of rotatable bonds is 6. The number of carbonyl (C=O) groups excluding carboxylic acids is 3. The Hall–Kier alpha value is -2.08. The molecule has 0 spiro atoms. The topological polar surface area (TPSA) is 69.7 Å². The van der Waals surface area contributed by atoms with Crippen molar-refractivity contribution in [1.82, 2.24) is 15.1 Å². The Labute approximate surface area is 164 Å². The molecule has 1 aliphatic carbocycles. The lowest BCUT2D eigenvalue weighted by Crippen LogP contribution is -2.59. The summed E-state index contributed by atoms with van der Waals surface area (Å²) in [6.45, 7) is 1.35. The zero-order valence-electron chi connectivity index (χ0n) is 15.5. The van der Waals surface area contributed by atoms with Crippen molar-refractivity contribution in [3.63, 3.8) is 0 Å². The van der Waals surface area contributed by atoms with E-state index in [4.69, 9.17) is 11.6 Å². The second kappa shape index (κ2) is 9.22. The summed E-state index contributed by atoms with van der Waals surface area (Å²) < 4.78 is 0. The largest absolute Gasteiger partial charge is 0.354 e. The summed E-state index contributed by atoms with van der Waals surface area (Å²) in [5, 5.41) is 3.49. The standard InChI is InChI=1S/C20H26ClN3O3/c21-16-8-6-15(7-9-16)10-11-22-18(25)14-23-12-13-24(20(27)19(23)26)17-4-2-1-3-5-17/h6-9,17H,1-5,10-14H2,(H,22,25). The Morgan fingerprint density at radius 3 is 2.44 bits per heavy atom. The molecule has 0 bridgehead atoms. The number of carbonyl (C=O) groups is 3. The second-order valence-corrected chi connectivity index (χ2v) is 7.68. The first kappa shape index (κ1) is 19.7. The monoisotopic (exact) mass is 391 g/mol. The molecular weight excluding hydrogens is 366 g/mol. The van der Waals surface area contributed by atoms with E-state index < -0.39 is 11.8 Å². The summed E-state index contributed by atoms with van der Waals surface area (Å²) >= 11 is 5.85. The van der Waals surface area contributed by atoms with Gasteiger partial charge in [0, 0.05) is 30.7 Å². The molecule has 3 rings (SSSR count). The van der Waals surface area contributed by atoms with Gasteiger partial charge in [0.05, 0.1) is 0 Å². The molecule has 2 fully saturated rings. The van der Waals surface area contributed by atoms with Crippen molar-refractivity contribution in [2.24, 2.45) is 0 Å². The van der Waals surface area contributed by atoms with Crippen molar-refractivity contribution < 1.29 is 14.4 Å². The summed E-state index contributed by atoms with van der Waals surface area (Å²) in [6, 6.07) is 7.65. The van der Waals surface area contributed by atoms with Crippen molar-refractivity contribution in [3.8, 4) is 0 Å². The van der Waals surface area contributed by atoms with Crippen LogP contribution in [0.3, 0.4) is 0 Å². The molecule has 0 atom stereocenters. The van der Waals surface area contributed by atoms with Gasteiger partial charge in [-0.25, -0.2) is 0 Å². The highest BCUT2D eigenvalue weighted by Crippen LogP contribution is 2.24. The first-order valence-electron chi connectivity index (χ1n) is 9.65. The Kier molecular flexibility index (Phi) is 6.72. The molecule has 2 aliphatic rings. The molecule has 7 heteroatoms. The maximum absolute atomic E-state index is 12.4. The zero-order chi connectivity index (χ0) is 19.2. The third-order valence-electron chi connectivity index (χ3n) is 5.34. The van der Waals surface area contributed by atoms with Gasteiger partial charge in [0.15, 0.2) is 0 Å². The first-order valence-corrected chi connectivity index (χ1v) is 10.0. The fraction of sp³-hybridized carbons (Fsp3) is 0.550. The molecular formula is C20H26ClN3O3. The highest BCUT2D eigenvalue weighted by atomic mass is 35.5. The molecule has 1 saturated heterocycles. The van der Waals surface area contributed by atoms with Crippen molar-refractivity contribution in [1.29, 1.82) is 0 Å². The lowest BCUT2D eigenvalue weighted by atomic mass is 9.93. The first-order chi connectivity index (χ1) is 13.0. The molecule has 1 aromatic rings. The molecule has 1 saturated carbocycles. The quantitative estimate of drug-likeness (QED) is 0.754. The average molecular weight is 392 g/mol. The number of halogens is 1. The van der Waals surface area contributed by atoms with Gasteiger partial charge in [-0.1, -0.05) is 43.0 Å². The van der Waals surface area contributed by atoms with Gasteiger partial charge in [0.25, 0.3) is 0 Å². The van der Waals surface area contributed by atoms with E-state index in [9.17, 15) is 14.4 Å². The van der Waals surface area contributed by atoms with Gasteiger partial charge in [-0.15, -0.1) is 0 Å². The normalized spacial score (nSPS) is 18.7. The van der Waals surface area contributed by atoms with E-state index in [1.165, 1.54) is 11.3 Å². The predicted molar refractivity (Wildman–Crippen MR) is 103 cm³/mol. The van der Waals surface area contributed by atoms with Crippen molar-refractivity contribution in [2.45, 2.75) is 44.6 Å². The predicted octanol–water partition coefficient (Wildman–Crippen LogP) is 2.00. The van der Waals surface area contributed by atoms with Gasteiger partial charge < -0.3 is 15.1 Å². The van der Waals surface area contributed by atoms with E-state index in [1.54, 1.807) is 4.90 Å². The van der Waals surface area contributed by atoms with E-state index in [-0.39, 0.29) is 18.5 Å². The van der Waals surface area contributed by atoms with Crippen LogP contribution in [-0.2, 0) is 20.8 Å². The van der Waals surface area contributed by atoms with Crippen molar-refractivity contribution in [2.75, 3.05) is 26.2 Å². The summed E-state index contributed by atoms with van der Waals surface area (Å²) in [5.74, 6) is -1.25. The minimum absolute atomic E-state index is 0.0658. The molecule has 146 valence electrons. The van der Waals surface area contributed by atoms with Crippen molar-refractivity contribution in [3.05, 3.63) is 34.9 Å². The lowest BCUT2D eigenvalue weighted by Gasteiger charge is -2.39. The van der Waals surface area contributed by atoms with Crippen LogP contribution in [0.4, 0.5) is 0 Å². The lowest BCUT2D eigenvalue weighted by molar-refractivity contribution is -0.159. The maximum Gasteiger partial charge on any atom is 0.312 e. The molecule has 1 aromatic carbocycles. The van der Waals surface area contributed by atoms with Crippen molar-refractivity contribution >= 4 is 29.3 Å². The maximum atomic E-state index is 12.4. The van der Waals surface area contributed by atoms with Crippen LogP contribution >= 0.6 is 11.6 Å². The van der Waals surface area contributed by atoms with E-state index >= 15 is 0 Å². The molecule has 0 aromatic heterocycles. The Bertz CT molecular complexity index is 686. The summed E-state index contributed by atoms with van der Waals surface area (Å²) in [4.78, 5) is 40.0. The number of benzene rings is 1. The van der Waals surface area contributed by atoms with Gasteiger partial charge in [-0.05, 0) is 37.0 Å². The van der Waals surface area contributed by atoms with Crippen LogP contribution in [0.5, 0.6) is 0 Å². The SMILES string of the molecule is O=C(CN1CCN(C2CCCCC2)C(=O)C1=O)NCCc1ccc(Cl)cc1. The fourth-order valence-corrected chi connectivity index (χ4v) is 3.93. The molecule has 0 unspecified atom stereocenters. The zero-order valence-corrected chi connectivity index (χ0v) is 16.2. The Morgan fingerprint density at radius 2 is 1.74 bits per heavy atom. The van der Waals surface area contributed by atoms with Gasteiger partial charge >= 0.3 is 11.8 Å². The van der Waals surface area contributed by atoms with Crippen LogP contribution in [0.2, 0.25) is 5.02 Å². The number of piperazine rings is 1. The third kappa shape index (κ3) is 5.22. The fourth-order valence-electron chi connectivity index (χ4n) is 3.81. The van der Waals surface area contributed by atoms with Crippen LogP contribution in [0.15, 0.2) is 24.3 Å². The van der Waals surface area contributed by atoms with E-state index in [0.29, 0.717) is 31.1 Å². The number of amides is 3. The molecule has 1 N–H and O–H groups in total. The highest BCUT2D eigenvalue weighted by molar-refractivity contribution is 6.35. The van der Waals surface area contributed by atoms with Gasteiger partial charge in [0.1, 0.15) is 6.54 Å². The van der Waals surface area contributed by atoms with Crippen LogP contribution in [0.1, 0.15) is 37.7 Å². The van der Waals surface area contributed by atoms with E-state index in [1.807, 2.05) is 24.3 Å². The number of nitrogens with one attached hydrogen (secondary N) is 1. The molecule has 6 nitrogen and oxygen atoms in total. The summed E-state index contributed by atoms with van der Waals surface area (Å²) in [5.41, 5.74) is 1.08. The highest BCUT2D eigenvalue weighted by Gasteiger charge is 2.37. The third-order valence-corrected chi connectivity index (χ3v) is 5.59. The Balaban J connectivity index is 1.43. The minimum atomic E-state index is -0.556. The van der Waals surface area contributed by atoms with Crippen LogP contribution < -0.4 is 5.32 Å². The van der Waals surface area contributed by atoms with E-state index in [2.05, 4.69) is 5.32 Å². The smallest absolute Gasteiger partial charge is 0.312 e.